The second kappa shape index (κ2) is 7.99. The number of aliphatic imine (C=N–C) groups is 2. The van der Waals surface area contributed by atoms with Gasteiger partial charge in [-0.2, -0.15) is 0 Å². The molecule has 0 saturated heterocycles. The molecule has 2 aromatic rings. The molecule has 150 valence electrons. The van der Waals surface area contributed by atoms with E-state index in [1.165, 1.54) is 11.1 Å². The summed E-state index contributed by atoms with van der Waals surface area (Å²) < 4.78 is -0.320. The largest absolute Gasteiger partial charge is 0.326 e. The monoisotopic (exact) mass is 453 g/mol. The third kappa shape index (κ3) is 4.67. The van der Waals surface area contributed by atoms with Crippen molar-refractivity contribution in [3.8, 4) is 0 Å². The van der Waals surface area contributed by atoms with Crippen LogP contribution in [0, 0.1) is 6.92 Å². The zero-order valence-corrected chi connectivity index (χ0v) is 18.1. The molecule has 2 aromatic carbocycles. The van der Waals surface area contributed by atoms with Crippen molar-refractivity contribution in [2.45, 2.75) is 31.0 Å². The summed E-state index contributed by atoms with van der Waals surface area (Å²) in [5, 5.41) is 9.48. The van der Waals surface area contributed by atoms with Gasteiger partial charge in [-0.15, -0.1) is 0 Å². The minimum atomic E-state index is -0.320. The molecular weight excluding hydrogens is 430 g/mol. The van der Waals surface area contributed by atoms with Gasteiger partial charge in [-0.05, 0) is 49.6 Å². The summed E-state index contributed by atoms with van der Waals surface area (Å²) in [5.74, 6) is 1.55. The molecule has 29 heavy (non-hydrogen) atoms. The number of benzene rings is 2. The number of hydrogen-bond donors (Lipinski definition) is 3. The SMILES string of the molecule is Cc1cccc(CCN=C2NC(Nc3ccc4c(c3)CC(=O)N4)=NCC2(C)Br)c1. The van der Waals surface area contributed by atoms with Gasteiger partial charge in [0, 0.05) is 17.9 Å². The Morgan fingerprint density at radius 1 is 1.24 bits per heavy atom. The van der Waals surface area contributed by atoms with Gasteiger partial charge in [-0.3, -0.25) is 14.8 Å². The first-order valence-corrected chi connectivity index (χ1v) is 10.5. The Hall–Kier alpha value is -2.67. The fourth-order valence-corrected chi connectivity index (χ4v) is 3.82. The Morgan fingerprint density at radius 3 is 2.93 bits per heavy atom. The van der Waals surface area contributed by atoms with Crippen molar-refractivity contribution in [1.29, 1.82) is 0 Å². The molecule has 0 saturated carbocycles. The van der Waals surface area contributed by atoms with Crippen LogP contribution in [0.3, 0.4) is 0 Å². The van der Waals surface area contributed by atoms with E-state index in [1.54, 1.807) is 0 Å². The van der Waals surface area contributed by atoms with Crippen LogP contribution < -0.4 is 16.0 Å². The van der Waals surface area contributed by atoms with Crippen LogP contribution in [-0.4, -0.2) is 35.1 Å². The van der Waals surface area contributed by atoms with Gasteiger partial charge in [0.05, 0.1) is 17.3 Å². The molecule has 4 rings (SSSR count). The molecule has 2 heterocycles. The van der Waals surface area contributed by atoms with E-state index >= 15 is 0 Å². The molecule has 2 aliphatic heterocycles. The van der Waals surface area contributed by atoms with E-state index < -0.39 is 0 Å². The zero-order chi connectivity index (χ0) is 20.4. The molecule has 7 heteroatoms. The van der Waals surface area contributed by atoms with Gasteiger partial charge in [-0.25, -0.2) is 0 Å². The summed E-state index contributed by atoms with van der Waals surface area (Å²) in [6.07, 6.45) is 1.30. The molecule has 0 spiro atoms. The maximum atomic E-state index is 11.5. The number of nitrogens with zero attached hydrogens (tertiary/aromatic N) is 2. The smallest absolute Gasteiger partial charge is 0.228 e. The van der Waals surface area contributed by atoms with E-state index in [9.17, 15) is 4.79 Å². The lowest BCUT2D eigenvalue weighted by atomic mass is 10.1. The van der Waals surface area contributed by atoms with E-state index in [0.29, 0.717) is 25.5 Å². The number of nitrogens with one attached hydrogen (secondary N) is 3. The van der Waals surface area contributed by atoms with Gasteiger partial charge >= 0.3 is 0 Å². The van der Waals surface area contributed by atoms with Crippen LogP contribution >= 0.6 is 15.9 Å². The number of fused-ring (bicyclic) bond motifs is 1. The number of aryl methyl sites for hydroxylation is 1. The van der Waals surface area contributed by atoms with Crippen molar-refractivity contribution < 1.29 is 4.79 Å². The third-order valence-corrected chi connectivity index (χ3v) is 5.64. The Balaban J connectivity index is 1.43. The molecule has 0 aliphatic carbocycles. The normalized spacial score (nSPS) is 22.0. The van der Waals surface area contributed by atoms with Crippen molar-refractivity contribution in [2.24, 2.45) is 9.98 Å². The average Bonchev–Trinajstić information content (AvgIpc) is 3.04. The van der Waals surface area contributed by atoms with Crippen molar-refractivity contribution in [1.82, 2.24) is 5.32 Å². The number of amidine groups is 1. The predicted molar refractivity (Wildman–Crippen MR) is 122 cm³/mol. The van der Waals surface area contributed by atoms with Crippen molar-refractivity contribution in [3.63, 3.8) is 0 Å². The van der Waals surface area contributed by atoms with E-state index in [1.807, 2.05) is 18.2 Å². The van der Waals surface area contributed by atoms with Crippen LogP contribution in [-0.2, 0) is 17.6 Å². The minimum absolute atomic E-state index is 0.0309. The number of alkyl halides is 1. The highest BCUT2D eigenvalue weighted by Gasteiger charge is 2.32. The molecule has 0 aromatic heterocycles. The van der Waals surface area contributed by atoms with Gasteiger partial charge in [0.15, 0.2) is 0 Å². The Kier molecular flexibility index (Phi) is 5.41. The highest BCUT2D eigenvalue weighted by molar-refractivity contribution is 9.10. The Labute approximate surface area is 179 Å². The zero-order valence-electron chi connectivity index (χ0n) is 16.6. The molecule has 0 bridgehead atoms. The van der Waals surface area contributed by atoms with Crippen LogP contribution in [0.4, 0.5) is 11.4 Å². The van der Waals surface area contributed by atoms with Gasteiger partial charge in [0.2, 0.25) is 11.9 Å². The average molecular weight is 454 g/mol. The summed E-state index contributed by atoms with van der Waals surface area (Å²) in [5.41, 5.74) is 5.32. The summed E-state index contributed by atoms with van der Waals surface area (Å²) in [6.45, 7) is 5.45. The standard InChI is InChI=1S/C22H24BrN5O/c1-14-4-3-5-15(10-14)8-9-24-20-22(2,23)13-25-21(28-20)26-17-6-7-18-16(11-17)12-19(29)27-18/h3-7,10-11H,8-9,12-13H2,1-2H3,(H,27,29)(H2,24,25,26,28). The van der Waals surface area contributed by atoms with Gasteiger partial charge in [0.1, 0.15) is 5.84 Å². The second-order valence-corrected chi connectivity index (χ2v) is 9.43. The topological polar surface area (TPSA) is 77.9 Å². The molecule has 1 amide bonds. The van der Waals surface area contributed by atoms with Gasteiger partial charge in [-0.1, -0.05) is 45.8 Å². The van der Waals surface area contributed by atoms with Crippen LogP contribution in [0.5, 0.6) is 0 Å². The summed E-state index contributed by atoms with van der Waals surface area (Å²) in [4.78, 5) is 21.0. The van der Waals surface area contributed by atoms with E-state index in [-0.39, 0.29) is 10.2 Å². The number of anilines is 2. The lowest BCUT2D eigenvalue weighted by Crippen LogP contribution is -2.51. The number of rotatable bonds is 4. The number of halogens is 1. The van der Waals surface area contributed by atoms with Gasteiger partial charge < -0.3 is 16.0 Å². The van der Waals surface area contributed by atoms with E-state index in [4.69, 9.17) is 4.99 Å². The van der Waals surface area contributed by atoms with Crippen LogP contribution in [0.1, 0.15) is 23.6 Å². The highest BCUT2D eigenvalue weighted by Crippen LogP contribution is 2.27. The highest BCUT2D eigenvalue weighted by atomic mass is 79.9. The molecule has 1 atom stereocenters. The quantitative estimate of drug-likeness (QED) is 0.618. The summed E-state index contributed by atoms with van der Waals surface area (Å²) in [6, 6.07) is 14.4. The number of carbonyl (C=O) groups excluding carboxylic acids is 1. The minimum Gasteiger partial charge on any atom is -0.326 e. The fraction of sp³-hybridized carbons (Fsp3) is 0.318. The molecule has 1 unspecified atom stereocenters. The molecule has 0 fully saturated rings. The maximum absolute atomic E-state index is 11.5. The molecule has 2 aliphatic rings. The first-order valence-electron chi connectivity index (χ1n) is 9.70. The number of carbonyl (C=O) groups is 1. The van der Waals surface area contributed by atoms with Crippen molar-refractivity contribution in [2.75, 3.05) is 23.7 Å². The Morgan fingerprint density at radius 2 is 2.10 bits per heavy atom. The summed E-state index contributed by atoms with van der Waals surface area (Å²) >= 11 is 3.74. The molecule has 6 nitrogen and oxygen atoms in total. The number of amides is 1. The predicted octanol–water partition coefficient (Wildman–Crippen LogP) is 3.66. The van der Waals surface area contributed by atoms with Gasteiger partial charge in [0.25, 0.3) is 0 Å². The van der Waals surface area contributed by atoms with E-state index in [0.717, 1.165) is 29.2 Å². The Bertz CT molecular complexity index is 1010. The van der Waals surface area contributed by atoms with Crippen LogP contribution in [0.2, 0.25) is 0 Å². The lowest BCUT2D eigenvalue weighted by Gasteiger charge is -2.30. The third-order valence-electron chi connectivity index (χ3n) is 5.01. The summed E-state index contributed by atoms with van der Waals surface area (Å²) in [7, 11) is 0. The van der Waals surface area contributed by atoms with Crippen molar-refractivity contribution in [3.05, 3.63) is 59.2 Å². The second-order valence-electron chi connectivity index (χ2n) is 7.68. The number of hydrogen-bond acceptors (Lipinski definition) is 4. The molecule has 0 radical (unpaired) electrons. The lowest BCUT2D eigenvalue weighted by molar-refractivity contribution is -0.115. The van der Waals surface area contributed by atoms with Crippen LogP contribution in [0.25, 0.3) is 0 Å². The maximum Gasteiger partial charge on any atom is 0.228 e. The van der Waals surface area contributed by atoms with E-state index in [2.05, 4.69) is 75.0 Å². The van der Waals surface area contributed by atoms with Crippen LogP contribution in [0.15, 0.2) is 52.4 Å². The number of guanidine groups is 1. The molecule has 3 N–H and O–H groups in total. The first kappa shape index (κ1) is 19.6. The first-order chi connectivity index (χ1) is 13.9. The van der Waals surface area contributed by atoms with Crippen molar-refractivity contribution >= 4 is 45.0 Å². The fourth-order valence-electron chi connectivity index (χ4n) is 3.47. The molecular formula is C22H24BrN5O.